The Kier molecular flexibility index (Phi) is 3.58. The third-order valence-corrected chi connectivity index (χ3v) is 4.30. The first-order valence-electron chi connectivity index (χ1n) is 7.08. The summed E-state index contributed by atoms with van der Waals surface area (Å²) in [5.74, 6) is 0.425. The quantitative estimate of drug-likeness (QED) is 0.920. The lowest BCUT2D eigenvalue weighted by Crippen LogP contribution is -2.42. The second kappa shape index (κ2) is 5.35. The Bertz CT molecular complexity index is 548. The normalized spacial score (nSPS) is 24.9. The lowest BCUT2D eigenvalue weighted by Gasteiger charge is -2.37. The van der Waals surface area contributed by atoms with E-state index in [1.807, 2.05) is 18.4 Å². The van der Waals surface area contributed by atoms with Crippen molar-refractivity contribution in [3.63, 3.8) is 0 Å². The van der Waals surface area contributed by atoms with E-state index < -0.39 is 0 Å². The van der Waals surface area contributed by atoms with Gasteiger partial charge in [-0.05, 0) is 31.7 Å². The van der Waals surface area contributed by atoms with Crippen LogP contribution in [0.4, 0.5) is 0 Å². The van der Waals surface area contributed by atoms with Crippen LogP contribution < -0.4 is 0 Å². The summed E-state index contributed by atoms with van der Waals surface area (Å²) in [5.41, 5.74) is 2.21. The standard InChI is InChI=1S/C16H21NO2/c1-12-6-7-13(10-18)8-17(12)9-14-11-19-16-5-3-2-4-15(14)16/h2-5,11-13,18H,6-10H2,1H3. The lowest BCUT2D eigenvalue weighted by molar-refractivity contribution is 0.0773. The number of fused-ring (bicyclic) bond motifs is 1. The molecule has 19 heavy (non-hydrogen) atoms. The van der Waals surface area contributed by atoms with Crippen LogP contribution in [-0.4, -0.2) is 29.2 Å². The minimum Gasteiger partial charge on any atom is -0.464 e. The van der Waals surface area contributed by atoms with Gasteiger partial charge in [-0.2, -0.15) is 0 Å². The Labute approximate surface area is 113 Å². The highest BCUT2D eigenvalue weighted by Gasteiger charge is 2.25. The number of hydrogen-bond donors (Lipinski definition) is 1. The fraction of sp³-hybridized carbons (Fsp3) is 0.500. The largest absolute Gasteiger partial charge is 0.464 e. The van der Waals surface area contributed by atoms with E-state index in [2.05, 4.69) is 24.0 Å². The molecule has 1 aromatic carbocycles. The lowest BCUT2D eigenvalue weighted by atomic mass is 9.93. The van der Waals surface area contributed by atoms with Gasteiger partial charge in [0.05, 0.1) is 6.26 Å². The molecule has 0 spiro atoms. The van der Waals surface area contributed by atoms with Crippen molar-refractivity contribution in [1.29, 1.82) is 0 Å². The molecular formula is C16H21NO2. The second-order valence-corrected chi connectivity index (χ2v) is 5.66. The molecule has 1 aliphatic heterocycles. The summed E-state index contributed by atoms with van der Waals surface area (Å²) < 4.78 is 5.60. The number of hydrogen-bond acceptors (Lipinski definition) is 3. The number of aliphatic hydroxyl groups excluding tert-OH is 1. The van der Waals surface area contributed by atoms with Gasteiger partial charge in [0.15, 0.2) is 0 Å². The van der Waals surface area contributed by atoms with Gasteiger partial charge in [0.2, 0.25) is 0 Å². The van der Waals surface area contributed by atoms with Crippen LogP contribution in [0.15, 0.2) is 34.9 Å². The molecule has 0 saturated carbocycles. The predicted octanol–water partition coefficient (Wildman–Crippen LogP) is 3.03. The fourth-order valence-corrected chi connectivity index (χ4v) is 3.01. The average molecular weight is 259 g/mol. The van der Waals surface area contributed by atoms with Crippen LogP contribution >= 0.6 is 0 Å². The molecule has 2 heterocycles. The van der Waals surface area contributed by atoms with E-state index in [0.29, 0.717) is 18.6 Å². The highest BCUT2D eigenvalue weighted by molar-refractivity contribution is 5.80. The van der Waals surface area contributed by atoms with Gasteiger partial charge in [0.1, 0.15) is 5.58 Å². The van der Waals surface area contributed by atoms with Gasteiger partial charge in [-0.3, -0.25) is 4.90 Å². The van der Waals surface area contributed by atoms with E-state index in [0.717, 1.165) is 25.1 Å². The minimum atomic E-state index is 0.301. The molecule has 0 radical (unpaired) electrons. The van der Waals surface area contributed by atoms with Gasteiger partial charge in [-0.1, -0.05) is 18.2 Å². The Morgan fingerprint density at radius 2 is 2.16 bits per heavy atom. The third kappa shape index (κ3) is 2.53. The first kappa shape index (κ1) is 12.7. The summed E-state index contributed by atoms with van der Waals surface area (Å²) >= 11 is 0. The van der Waals surface area contributed by atoms with Crippen LogP contribution in [0.1, 0.15) is 25.3 Å². The molecule has 1 aromatic heterocycles. The van der Waals surface area contributed by atoms with Crippen molar-refractivity contribution >= 4 is 11.0 Å². The van der Waals surface area contributed by atoms with Crippen LogP contribution in [0, 0.1) is 5.92 Å². The molecule has 0 bridgehead atoms. The molecule has 0 amide bonds. The maximum atomic E-state index is 9.35. The van der Waals surface area contributed by atoms with Crippen molar-refractivity contribution in [2.75, 3.05) is 13.2 Å². The topological polar surface area (TPSA) is 36.6 Å². The van der Waals surface area contributed by atoms with Crippen LogP contribution in [0.5, 0.6) is 0 Å². The highest BCUT2D eigenvalue weighted by atomic mass is 16.3. The van der Waals surface area contributed by atoms with E-state index in [1.165, 1.54) is 17.4 Å². The number of likely N-dealkylation sites (tertiary alicyclic amines) is 1. The molecule has 2 unspecified atom stereocenters. The number of furan rings is 1. The zero-order valence-corrected chi connectivity index (χ0v) is 11.4. The molecule has 1 fully saturated rings. The van der Waals surface area contributed by atoms with Crippen molar-refractivity contribution in [1.82, 2.24) is 4.90 Å². The second-order valence-electron chi connectivity index (χ2n) is 5.66. The van der Waals surface area contributed by atoms with Crippen LogP contribution in [0.25, 0.3) is 11.0 Å². The number of benzene rings is 1. The highest BCUT2D eigenvalue weighted by Crippen LogP contribution is 2.27. The Balaban J connectivity index is 1.80. The molecule has 1 saturated heterocycles. The van der Waals surface area contributed by atoms with Gasteiger partial charge < -0.3 is 9.52 Å². The molecule has 1 N–H and O–H groups in total. The van der Waals surface area contributed by atoms with E-state index in [-0.39, 0.29) is 0 Å². The van der Waals surface area contributed by atoms with Gasteiger partial charge in [0.25, 0.3) is 0 Å². The summed E-state index contributed by atoms with van der Waals surface area (Å²) in [6.45, 7) is 4.47. The Morgan fingerprint density at radius 3 is 3.00 bits per heavy atom. The van der Waals surface area contributed by atoms with Crippen molar-refractivity contribution in [2.45, 2.75) is 32.4 Å². The fourth-order valence-electron chi connectivity index (χ4n) is 3.01. The zero-order valence-electron chi connectivity index (χ0n) is 11.4. The van der Waals surface area contributed by atoms with Crippen molar-refractivity contribution in [2.24, 2.45) is 5.92 Å². The first-order valence-corrected chi connectivity index (χ1v) is 7.08. The molecule has 2 atom stereocenters. The van der Waals surface area contributed by atoms with E-state index in [1.54, 1.807) is 0 Å². The zero-order chi connectivity index (χ0) is 13.2. The monoisotopic (exact) mass is 259 g/mol. The summed E-state index contributed by atoms with van der Waals surface area (Å²) in [6, 6.07) is 8.76. The van der Waals surface area contributed by atoms with Crippen LogP contribution in [0.2, 0.25) is 0 Å². The number of para-hydroxylation sites is 1. The SMILES string of the molecule is CC1CCC(CO)CN1Cc1coc2ccccc12. The summed E-state index contributed by atoms with van der Waals surface area (Å²) in [6.07, 6.45) is 4.18. The summed E-state index contributed by atoms with van der Waals surface area (Å²) in [4.78, 5) is 2.46. The number of rotatable bonds is 3. The number of piperidine rings is 1. The number of nitrogens with zero attached hydrogens (tertiary/aromatic N) is 1. The average Bonchev–Trinajstić information content (AvgIpc) is 2.85. The van der Waals surface area contributed by atoms with E-state index >= 15 is 0 Å². The van der Waals surface area contributed by atoms with Gasteiger partial charge >= 0.3 is 0 Å². The van der Waals surface area contributed by atoms with Gasteiger partial charge in [-0.15, -0.1) is 0 Å². The molecule has 3 rings (SSSR count). The van der Waals surface area contributed by atoms with Crippen molar-refractivity contribution < 1.29 is 9.52 Å². The molecule has 3 nitrogen and oxygen atoms in total. The molecule has 1 aliphatic rings. The van der Waals surface area contributed by atoms with Crippen molar-refractivity contribution in [3.05, 3.63) is 36.1 Å². The molecule has 0 aliphatic carbocycles. The Hall–Kier alpha value is -1.32. The summed E-state index contributed by atoms with van der Waals surface area (Å²) in [5, 5.41) is 10.6. The predicted molar refractivity (Wildman–Crippen MR) is 75.9 cm³/mol. The van der Waals surface area contributed by atoms with Crippen LogP contribution in [0.3, 0.4) is 0 Å². The smallest absolute Gasteiger partial charge is 0.134 e. The summed E-state index contributed by atoms with van der Waals surface area (Å²) in [7, 11) is 0. The molecule has 102 valence electrons. The molecule has 3 heteroatoms. The van der Waals surface area contributed by atoms with Crippen molar-refractivity contribution in [3.8, 4) is 0 Å². The maximum Gasteiger partial charge on any atom is 0.134 e. The van der Waals surface area contributed by atoms with Crippen LogP contribution in [-0.2, 0) is 6.54 Å². The first-order chi connectivity index (χ1) is 9.28. The van der Waals surface area contributed by atoms with Gasteiger partial charge in [0, 0.05) is 36.7 Å². The van der Waals surface area contributed by atoms with E-state index in [9.17, 15) is 5.11 Å². The molecular weight excluding hydrogens is 238 g/mol. The van der Waals surface area contributed by atoms with Gasteiger partial charge in [-0.25, -0.2) is 0 Å². The Morgan fingerprint density at radius 1 is 1.32 bits per heavy atom. The number of aliphatic hydroxyl groups is 1. The van der Waals surface area contributed by atoms with E-state index in [4.69, 9.17) is 4.42 Å². The maximum absolute atomic E-state index is 9.35. The third-order valence-electron chi connectivity index (χ3n) is 4.30. The minimum absolute atomic E-state index is 0.301. The molecule has 2 aromatic rings.